The molecule has 0 unspecified atom stereocenters. The number of benzene rings is 2. The lowest BCUT2D eigenvalue weighted by molar-refractivity contribution is 0.0953. The van der Waals surface area contributed by atoms with Gasteiger partial charge in [0.2, 0.25) is 0 Å². The van der Waals surface area contributed by atoms with E-state index in [-0.39, 0.29) is 5.91 Å². The molecular formula is C22H22N2O4. The molecule has 1 heterocycles. The Balaban J connectivity index is 1.63. The molecule has 0 aliphatic carbocycles. The van der Waals surface area contributed by atoms with Gasteiger partial charge in [-0.2, -0.15) is 5.10 Å². The maximum absolute atomic E-state index is 12.1. The molecule has 0 radical (unpaired) electrons. The highest BCUT2D eigenvalue weighted by Gasteiger charge is 2.12. The van der Waals surface area contributed by atoms with E-state index in [0.717, 1.165) is 11.1 Å². The van der Waals surface area contributed by atoms with Gasteiger partial charge in [-0.3, -0.25) is 4.79 Å². The zero-order valence-electron chi connectivity index (χ0n) is 16.1. The molecule has 2 aromatic carbocycles. The highest BCUT2D eigenvalue weighted by molar-refractivity contribution is 5.95. The van der Waals surface area contributed by atoms with Gasteiger partial charge in [0.25, 0.3) is 5.91 Å². The molecule has 3 rings (SSSR count). The topological polar surface area (TPSA) is 73.1 Å². The number of amides is 1. The first kappa shape index (κ1) is 19.2. The van der Waals surface area contributed by atoms with E-state index in [1.165, 1.54) is 0 Å². The number of carbonyl (C=O) groups is 1. The van der Waals surface area contributed by atoms with Crippen LogP contribution in [0.1, 0.15) is 33.0 Å². The molecule has 1 N–H and O–H groups in total. The van der Waals surface area contributed by atoms with Crippen LogP contribution in [0.15, 0.2) is 64.1 Å². The maximum Gasteiger partial charge on any atom is 0.274 e. The van der Waals surface area contributed by atoms with Gasteiger partial charge >= 0.3 is 0 Å². The van der Waals surface area contributed by atoms with Crippen molar-refractivity contribution in [2.24, 2.45) is 5.10 Å². The second kappa shape index (κ2) is 8.90. The average molecular weight is 378 g/mol. The molecule has 0 saturated heterocycles. The van der Waals surface area contributed by atoms with Crippen molar-refractivity contribution in [3.8, 4) is 11.5 Å². The third kappa shape index (κ3) is 4.79. The number of ether oxygens (including phenoxy) is 2. The Labute approximate surface area is 163 Å². The summed E-state index contributed by atoms with van der Waals surface area (Å²) in [5.41, 5.74) is 4.81. The van der Waals surface area contributed by atoms with E-state index >= 15 is 0 Å². The van der Waals surface area contributed by atoms with Crippen LogP contribution in [0.25, 0.3) is 0 Å². The van der Waals surface area contributed by atoms with Gasteiger partial charge in [0.1, 0.15) is 18.1 Å². The van der Waals surface area contributed by atoms with Crippen molar-refractivity contribution < 1.29 is 18.7 Å². The van der Waals surface area contributed by atoms with Gasteiger partial charge < -0.3 is 13.9 Å². The van der Waals surface area contributed by atoms with Gasteiger partial charge in [-0.15, -0.1) is 0 Å². The lowest BCUT2D eigenvalue weighted by Gasteiger charge is -2.11. The predicted molar refractivity (Wildman–Crippen MR) is 107 cm³/mol. The molecule has 1 aromatic heterocycles. The van der Waals surface area contributed by atoms with Gasteiger partial charge in [-0.1, -0.05) is 30.3 Å². The Morgan fingerprint density at radius 3 is 2.57 bits per heavy atom. The Kier molecular flexibility index (Phi) is 6.11. The van der Waals surface area contributed by atoms with Gasteiger partial charge in [-0.05, 0) is 49.2 Å². The Morgan fingerprint density at radius 2 is 1.89 bits per heavy atom. The molecule has 144 valence electrons. The third-order valence-corrected chi connectivity index (χ3v) is 4.09. The number of methoxy groups -OCH3 is 1. The minimum absolute atomic E-state index is 0.319. The summed E-state index contributed by atoms with van der Waals surface area (Å²) >= 11 is 0. The molecule has 0 spiro atoms. The number of furan rings is 1. The number of nitrogens with one attached hydrogen (secondary N) is 1. The monoisotopic (exact) mass is 378 g/mol. The van der Waals surface area contributed by atoms with E-state index in [2.05, 4.69) is 10.5 Å². The zero-order chi connectivity index (χ0) is 19.9. The van der Waals surface area contributed by atoms with Crippen molar-refractivity contribution in [2.45, 2.75) is 20.5 Å². The van der Waals surface area contributed by atoms with Crippen LogP contribution in [-0.4, -0.2) is 19.2 Å². The van der Waals surface area contributed by atoms with Gasteiger partial charge in [0.15, 0.2) is 11.5 Å². The minimum atomic E-state index is -0.319. The first-order chi connectivity index (χ1) is 13.6. The van der Waals surface area contributed by atoms with E-state index in [4.69, 9.17) is 13.9 Å². The summed E-state index contributed by atoms with van der Waals surface area (Å²) < 4.78 is 16.6. The summed E-state index contributed by atoms with van der Waals surface area (Å²) in [6, 6.07) is 17.0. The third-order valence-electron chi connectivity index (χ3n) is 4.09. The van der Waals surface area contributed by atoms with Crippen LogP contribution in [-0.2, 0) is 6.61 Å². The molecule has 0 atom stereocenters. The lowest BCUT2D eigenvalue weighted by atomic mass is 10.2. The highest BCUT2D eigenvalue weighted by atomic mass is 16.5. The summed E-state index contributed by atoms with van der Waals surface area (Å²) in [7, 11) is 1.58. The smallest absolute Gasteiger partial charge is 0.274 e. The molecule has 28 heavy (non-hydrogen) atoms. The van der Waals surface area contributed by atoms with E-state index < -0.39 is 0 Å². The van der Waals surface area contributed by atoms with Crippen molar-refractivity contribution in [1.29, 1.82) is 0 Å². The molecule has 3 aromatic rings. The van der Waals surface area contributed by atoms with Crippen molar-refractivity contribution in [1.82, 2.24) is 5.43 Å². The molecule has 6 nitrogen and oxygen atoms in total. The molecule has 0 saturated carbocycles. The fourth-order valence-corrected chi connectivity index (χ4v) is 2.70. The van der Waals surface area contributed by atoms with Crippen LogP contribution in [0.3, 0.4) is 0 Å². The Bertz CT molecular complexity index is 977. The zero-order valence-corrected chi connectivity index (χ0v) is 16.1. The molecule has 0 bridgehead atoms. The van der Waals surface area contributed by atoms with E-state index in [1.54, 1.807) is 39.3 Å². The maximum atomic E-state index is 12.1. The van der Waals surface area contributed by atoms with Gasteiger partial charge in [0.05, 0.1) is 18.9 Å². The number of aryl methyl sites for hydroxylation is 2. The largest absolute Gasteiger partial charge is 0.493 e. The van der Waals surface area contributed by atoms with Crippen molar-refractivity contribution in [3.05, 3.63) is 82.8 Å². The van der Waals surface area contributed by atoms with Crippen molar-refractivity contribution >= 4 is 12.1 Å². The number of hydrazone groups is 1. The van der Waals surface area contributed by atoms with Gasteiger partial charge in [0, 0.05) is 0 Å². The number of hydrogen-bond donors (Lipinski definition) is 1. The van der Waals surface area contributed by atoms with Crippen LogP contribution in [0.2, 0.25) is 0 Å². The van der Waals surface area contributed by atoms with Crippen LogP contribution < -0.4 is 14.9 Å². The average Bonchev–Trinajstić information content (AvgIpc) is 3.05. The fraction of sp³-hybridized carbons (Fsp3) is 0.182. The van der Waals surface area contributed by atoms with Crippen LogP contribution in [0.4, 0.5) is 0 Å². The molecule has 1 amide bonds. The molecule has 6 heteroatoms. The lowest BCUT2D eigenvalue weighted by Crippen LogP contribution is -2.17. The summed E-state index contributed by atoms with van der Waals surface area (Å²) in [4.78, 5) is 12.1. The van der Waals surface area contributed by atoms with Crippen molar-refractivity contribution in [2.75, 3.05) is 7.11 Å². The van der Waals surface area contributed by atoms with E-state index in [1.807, 2.05) is 42.5 Å². The summed E-state index contributed by atoms with van der Waals surface area (Å²) in [5, 5.41) is 4.00. The summed E-state index contributed by atoms with van der Waals surface area (Å²) in [5.74, 6) is 2.15. The summed E-state index contributed by atoms with van der Waals surface area (Å²) in [6.07, 6.45) is 1.55. The molecule has 0 aliphatic heterocycles. The summed E-state index contributed by atoms with van der Waals surface area (Å²) in [6.45, 7) is 3.98. The number of nitrogens with zero attached hydrogens (tertiary/aromatic N) is 1. The second-order valence-corrected chi connectivity index (χ2v) is 6.21. The van der Waals surface area contributed by atoms with Crippen LogP contribution >= 0.6 is 0 Å². The Hall–Kier alpha value is -3.54. The number of rotatable bonds is 7. The van der Waals surface area contributed by atoms with Crippen LogP contribution in [0.5, 0.6) is 11.5 Å². The first-order valence-electron chi connectivity index (χ1n) is 8.82. The number of hydrogen-bond acceptors (Lipinski definition) is 5. The molecular weight excluding hydrogens is 356 g/mol. The van der Waals surface area contributed by atoms with Gasteiger partial charge in [-0.25, -0.2) is 5.43 Å². The molecule has 0 fully saturated rings. The minimum Gasteiger partial charge on any atom is -0.493 e. The standard InChI is InChI=1S/C22H22N2O4/c1-15-11-19(16(2)28-15)22(25)24-23-13-18-9-10-20(21(12-18)26-3)27-14-17-7-5-4-6-8-17/h4-13H,14H2,1-3H3,(H,24,25)/b23-13-. The first-order valence-corrected chi connectivity index (χ1v) is 8.82. The van der Waals surface area contributed by atoms with E-state index in [0.29, 0.717) is 35.2 Å². The normalized spacial score (nSPS) is 10.8. The van der Waals surface area contributed by atoms with Crippen LogP contribution in [0, 0.1) is 13.8 Å². The van der Waals surface area contributed by atoms with E-state index in [9.17, 15) is 4.79 Å². The molecule has 0 aliphatic rings. The second-order valence-electron chi connectivity index (χ2n) is 6.21. The fourth-order valence-electron chi connectivity index (χ4n) is 2.70. The van der Waals surface area contributed by atoms with Crippen molar-refractivity contribution in [3.63, 3.8) is 0 Å². The predicted octanol–water partition coefficient (Wildman–Crippen LogP) is 4.25. The Morgan fingerprint density at radius 1 is 1.11 bits per heavy atom. The quantitative estimate of drug-likeness (QED) is 0.493. The highest BCUT2D eigenvalue weighted by Crippen LogP contribution is 2.28. The SMILES string of the molecule is COc1cc(/C=N\NC(=O)c2cc(C)oc2C)ccc1OCc1ccccc1. The number of carbonyl (C=O) groups excluding carboxylic acids is 1.